The first-order chi connectivity index (χ1) is 13.5. The molecule has 1 aromatic carbocycles. The molecule has 28 heavy (non-hydrogen) atoms. The van der Waals surface area contributed by atoms with Gasteiger partial charge in [0, 0.05) is 5.70 Å². The fourth-order valence-electron chi connectivity index (χ4n) is 3.76. The lowest BCUT2D eigenvalue weighted by Crippen LogP contribution is -2.45. The second kappa shape index (κ2) is 9.32. The monoisotopic (exact) mass is 406 g/mol. The molecule has 0 saturated heterocycles. The number of amides is 2. The number of hydrogen-bond donors (Lipinski definition) is 2. The molecule has 0 spiro atoms. The van der Waals surface area contributed by atoms with Crippen molar-refractivity contribution in [3.05, 3.63) is 40.1 Å². The minimum atomic E-state index is -0.625. The first kappa shape index (κ1) is 20.5. The van der Waals surface area contributed by atoms with Gasteiger partial charge in [-0.2, -0.15) is 0 Å². The van der Waals surface area contributed by atoms with Crippen LogP contribution in [0.25, 0.3) is 0 Å². The lowest BCUT2D eigenvalue weighted by molar-refractivity contribution is -0.145. The van der Waals surface area contributed by atoms with Gasteiger partial charge < -0.3 is 20.1 Å². The normalized spacial score (nSPS) is 20.8. The molecular weight excluding hydrogens is 380 g/mol. The first-order valence-electron chi connectivity index (χ1n) is 9.91. The van der Waals surface area contributed by atoms with E-state index in [9.17, 15) is 9.59 Å². The molecule has 0 aromatic heterocycles. The molecular formula is C21H27ClN2O4. The van der Waals surface area contributed by atoms with Crippen LogP contribution >= 0.6 is 11.6 Å². The van der Waals surface area contributed by atoms with E-state index in [0.717, 1.165) is 25.7 Å². The van der Waals surface area contributed by atoms with Crippen molar-refractivity contribution in [3.8, 4) is 5.75 Å². The Balaban J connectivity index is 1.86. The van der Waals surface area contributed by atoms with E-state index in [1.54, 1.807) is 25.1 Å². The number of allylic oxidation sites excluding steroid dienone is 1. The third-order valence-corrected chi connectivity index (χ3v) is 5.45. The van der Waals surface area contributed by atoms with Crippen LogP contribution in [0.5, 0.6) is 5.75 Å². The van der Waals surface area contributed by atoms with Crippen LogP contribution in [-0.4, -0.2) is 24.7 Å². The molecule has 152 valence electrons. The molecule has 0 radical (unpaired) electrons. The largest absolute Gasteiger partial charge is 0.492 e. The molecule has 7 heteroatoms. The number of nitrogens with one attached hydrogen (secondary N) is 2. The molecule has 1 aliphatic carbocycles. The predicted octanol–water partition coefficient (Wildman–Crippen LogP) is 4.63. The van der Waals surface area contributed by atoms with Crippen molar-refractivity contribution < 1.29 is 19.1 Å². The van der Waals surface area contributed by atoms with E-state index in [4.69, 9.17) is 21.1 Å². The van der Waals surface area contributed by atoms with Crippen molar-refractivity contribution >= 4 is 23.6 Å². The van der Waals surface area contributed by atoms with Gasteiger partial charge in [0.2, 0.25) is 0 Å². The number of benzene rings is 1. The SMILES string of the molecule is CCOc1ccc([C@@H]2NC(=O)NC(C)=C2C(=O)OC2CCCCCC2)cc1Cl. The van der Waals surface area contributed by atoms with Crippen LogP contribution in [0.1, 0.15) is 64.0 Å². The van der Waals surface area contributed by atoms with Gasteiger partial charge in [-0.1, -0.05) is 30.5 Å². The second-order valence-electron chi connectivity index (χ2n) is 7.21. The number of halogens is 1. The van der Waals surface area contributed by atoms with Gasteiger partial charge in [-0.15, -0.1) is 0 Å². The molecule has 1 saturated carbocycles. The van der Waals surface area contributed by atoms with Gasteiger partial charge in [0.15, 0.2) is 0 Å². The molecule has 6 nitrogen and oxygen atoms in total. The van der Waals surface area contributed by atoms with Gasteiger partial charge in [-0.25, -0.2) is 9.59 Å². The van der Waals surface area contributed by atoms with Crippen LogP contribution in [-0.2, 0) is 9.53 Å². The zero-order chi connectivity index (χ0) is 20.1. The van der Waals surface area contributed by atoms with Crippen LogP contribution in [0.15, 0.2) is 29.5 Å². The Bertz CT molecular complexity index is 770. The molecule has 1 aromatic rings. The number of hydrogen-bond acceptors (Lipinski definition) is 4. The van der Waals surface area contributed by atoms with E-state index in [-0.39, 0.29) is 12.1 Å². The molecule has 1 fully saturated rings. The summed E-state index contributed by atoms with van der Waals surface area (Å²) in [6.45, 7) is 4.09. The Morgan fingerprint density at radius 1 is 1.21 bits per heavy atom. The Hall–Kier alpha value is -2.21. The number of rotatable bonds is 5. The number of ether oxygens (including phenoxy) is 2. The minimum absolute atomic E-state index is 0.0718. The minimum Gasteiger partial charge on any atom is -0.492 e. The maximum absolute atomic E-state index is 13.0. The third-order valence-electron chi connectivity index (χ3n) is 5.15. The summed E-state index contributed by atoms with van der Waals surface area (Å²) in [5.74, 6) is 0.170. The van der Waals surface area contributed by atoms with Gasteiger partial charge in [0.05, 0.1) is 23.2 Å². The van der Waals surface area contributed by atoms with Crippen molar-refractivity contribution in [1.29, 1.82) is 0 Å². The van der Waals surface area contributed by atoms with E-state index in [2.05, 4.69) is 10.6 Å². The van der Waals surface area contributed by atoms with Crippen LogP contribution < -0.4 is 15.4 Å². The smallest absolute Gasteiger partial charge is 0.338 e. The highest BCUT2D eigenvalue weighted by Crippen LogP contribution is 2.33. The van der Waals surface area contributed by atoms with Gasteiger partial charge in [-0.05, 0) is 57.2 Å². The number of urea groups is 1. The molecule has 2 aliphatic rings. The van der Waals surface area contributed by atoms with E-state index in [0.29, 0.717) is 34.2 Å². The quantitative estimate of drug-likeness (QED) is 0.552. The molecule has 1 aliphatic heterocycles. The van der Waals surface area contributed by atoms with Crippen LogP contribution in [0.4, 0.5) is 4.79 Å². The fraction of sp³-hybridized carbons (Fsp3) is 0.524. The van der Waals surface area contributed by atoms with Gasteiger partial charge in [0.1, 0.15) is 11.9 Å². The summed E-state index contributed by atoms with van der Waals surface area (Å²) < 4.78 is 11.3. The van der Waals surface area contributed by atoms with Crippen molar-refractivity contribution in [2.24, 2.45) is 0 Å². The highest BCUT2D eigenvalue weighted by atomic mass is 35.5. The van der Waals surface area contributed by atoms with Crippen LogP contribution in [0, 0.1) is 0 Å². The topological polar surface area (TPSA) is 76.7 Å². The number of carbonyl (C=O) groups is 2. The van der Waals surface area contributed by atoms with Gasteiger partial charge in [0.25, 0.3) is 0 Å². The summed E-state index contributed by atoms with van der Waals surface area (Å²) in [6.07, 6.45) is 6.21. The van der Waals surface area contributed by atoms with Crippen molar-refractivity contribution in [3.63, 3.8) is 0 Å². The lowest BCUT2D eigenvalue weighted by Gasteiger charge is -2.29. The molecule has 1 heterocycles. The molecule has 0 unspecified atom stereocenters. The highest BCUT2D eigenvalue weighted by molar-refractivity contribution is 6.32. The lowest BCUT2D eigenvalue weighted by atomic mass is 9.95. The van der Waals surface area contributed by atoms with Gasteiger partial charge >= 0.3 is 12.0 Å². The number of carbonyl (C=O) groups excluding carboxylic acids is 2. The standard InChI is InChI=1S/C21H27ClN2O4/c1-3-27-17-11-10-14(12-16(17)22)19-18(13(2)23-21(26)24-19)20(25)28-15-8-6-4-5-7-9-15/h10-12,15,19H,3-9H2,1-2H3,(H2,23,24,26)/t19-/m0/s1. The molecule has 1 atom stereocenters. The van der Waals surface area contributed by atoms with E-state index in [1.807, 2.05) is 6.92 Å². The fourth-order valence-corrected chi connectivity index (χ4v) is 4.00. The molecule has 2 amide bonds. The maximum Gasteiger partial charge on any atom is 0.338 e. The first-order valence-corrected chi connectivity index (χ1v) is 10.3. The Kier molecular flexibility index (Phi) is 6.83. The average molecular weight is 407 g/mol. The van der Waals surface area contributed by atoms with Crippen molar-refractivity contribution in [2.45, 2.75) is 64.5 Å². The van der Waals surface area contributed by atoms with Crippen molar-refractivity contribution in [1.82, 2.24) is 10.6 Å². The summed E-state index contributed by atoms with van der Waals surface area (Å²) in [6, 6.07) is 4.28. The summed E-state index contributed by atoms with van der Waals surface area (Å²) in [5, 5.41) is 5.92. The second-order valence-corrected chi connectivity index (χ2v) is 7.62. The Labute approximate surface area is 170 Å². The van der Waals surface area contributed by atoms with Crippen LogP contribution in [0.3, 0.4) is 0 Å². The average Bonchev–Trinajstić information content (AvgIpc) is 2.91. The highest BCUT2D eigenvalue weighted by Gasteiger charge is 2.33. The maximum atomic E-state index is 13.0. The summed E-state index contributed by atoms with van der Waals surface area (Å²) >= 11 is 6.32. The number of esters is 1. The summed E-state index contributed by atoms with van der Waals surface area (Å²) in [4.78, 5) is 25.1. The molecule has 2 N–H and O–H groups in total. The van der Waals surface area contributed by atoms with Gasteiger partial charge in [-0.3, -0.25) is 0 Å². The van der Waals surface area contributed by atoms with E-state index >= 15 is 0 Å². The predicted molar refractivity (Wildman–Crippen MR) is 107 cm³/mol. The molecule has 0 bridgehead atoms. The Morgan fingerprint density at radius 3 is 2.57 bits per heavy atom. The van der Waals surface area contributed by atoms with Crippen molar-refractivity contribution in [2.75, 3.05) is 6.61 Å². The van der Waals surface area contributed by atoms with Crippen LogP contribution in [0.2, 0.25) is 5.02 Å². The third kappa shape index (κ3) is 4.79. The Morgan fingerprint density at radius 2 is 1.93 bits per heavy atom. The zero-order valence-corrected chi connectivity index (χ0v) is 17.1. The van der Waals surface area contributed by atoms with E-state index in [1.165, 1.54) is 12.8 Å². The summed E-state index contributed by atoms with van der Waals surface area (Å²) in [5.41, 5.74) is 1.61. The summed E-state index contributed by atoms with van der Waals surface area (Å²) in [7, 11) is 0. The van der Waals surface area contributed by atoms with E-state index < -0.39 is 12.0 Å². The zero-order valence-electron chi connectivity index (χ0n) is 16.3. The molecule has 3 rings (SSSR count).